The van der Waals surface area contributed by atoms with Crippen LogP contribution in [0, 0.1) is 10.8 Å². The van der Waals surface area contributed by atoms with Crippen molar-refractivity contribution >= 4 is 11.8 Å². The molecule has 2 aliphatic rings. The van der Waals surface area contributed by atoms with Crippen molar-refractivity contribution in [1.82, 2.24) is 40.5 Å². The van der Waals surface area contributed by atoms with Crippen LogP contribution in [-0.2, 0) is 19.1 Å². The molecule has 0 spiro atoms. The average Bonchev–Trinajstić information content (AvgIpc) is 3.82. The van der Waals surface area contributed by atoms with Gasteiger partial charge in [-0.15, -0.1) is 0 Å². The number of halogens is 4. The number of benzene rings is 1. The third kappa shape index (κ3) is 8.96. The molecule has 2 saturated heterocycles. The predicted molar refractivity (Wildman–Crippen MR) is 200 cm³/mol. The number of nitrogens with zero attached hydrogens (tertiary/aromatic N) is 4. The van der Waals surface area contributed by atoms with Crippen molar-refractivity contribution in [2.24, 2.45) is 10.8 Å². The molecule has 12 nitrogen and oxygen atoms in total. The molecule has 1 aromatic carbocycles. The number of carbonyl (C=O) groups excluding carboxylic acids is 2. The average molecular weight is 783 g/mol. The molecule has 302 valence electrons. The molecule has 0 saturated carbocycles. The van der Waals surface area contributed by atoms with Gasteiger partial charge in [0.15, 0.2) is 0 Å². The molecule has 3 aromatic heterocycles. The summed E-state index contributed by atoms with van der Waals surface area (Å²) in [5.74, 6) is -5.85. The summed E-state index contributed by atoms with van der Waals surface area (Å²) in [5.41, 5.74) is 0.405. The van der Waals surface area contributed by atoms with E-state index >= 15 is 0 Å². The lowest BCUT2D eigenvalue weighted by atomic mass is 9.85. The Hall–Kier alpha value is -4.70. The highest BCUT2D eigenvalue weighted by molar-refractivity contribution is 5.86. The van der Waals surface area contributed by atoms with Crippen LogP contribution in [0.4, 0.5) is 17.6 Å². The number of hydrogen-bond donors (Lipinski definition) is 4. The second kappa shape index (κ2) is 14.7. The van der Waals surface area contributed by atoms with Crippen LogP contribution in [0.25, 0.3) is 33.9 Å². The van der Waals surface area contributed by atoms with Crippen LogP contribution in [0.1, 0.15) is 105 Å². The molecule has 16 heteroatoms. The van der Waals surface area contributed by atoms with E-state index in [0.29, 0.717) is 28.7 Å². The summed E-state index contributed by atoms with van der Waals surface area (Å²) in [6.07, 6.45) is 5.50. The van der Waals surface area contributed by atoms with Crippen molar-refractivity contribution in [2.75, 3.05) is 13.2 Å². The molecular formula is C40H50F4N8O4. The third-order valence-corrected chi connectivity index (χ3v) is 10.5. The SMILES string of the molecule is CC1(C(=O)NC(c2ncc(-c3ccc(-c4cnc(-c5cnc(C(NC(=O)C6(C)CCC(F)(F)CO6)C(C)(C)C)[nH]5)cn4)cc3)[nH]2)C(C)(C)C)CCC(F)(F)CO1. The van der Waals surface area contributed by atoms with Crippen LogP contribution < -0.4 is 10.6 Å². The molecular weight excluding hydrogens is 732 g/mol. The molecule has 0 bridgehead atoms. The minimum absolute atomic E-state index is 0.0963. The number of carbonyl (C=O) groups is 2. The number of H-pyrrole nitrogens is 2. The first-order valence-corrected chi connectivity index (χ1v) is 18.7. The van der Waals surface area contributed by atoms with Gasteiger partial charge in [-0.05, 0) is 43.1 Å². The van der Waals surface area contributed by atoms with Crippen molar-refractivity contribution in [3.8, 4) is 33.9 Å². The zero-order valence-electron chi connectivity index (χ0n) is 32.9. The second-order valence-electron chi connectivity index (χ2n) is 17.5. The Morgan fingerprint density at radius 1 is 0.625 bits per heavy atom. The number of alkyl halides is 4. The third-order valence-electron chi connectivity index (χ3n) is 10.5. The molecule has 5 heterocycles. The highest BCUT2D eigenvalue weighted by Gasteiger charge is 2.48. The molecule has 6 rings (SSSR count). The van der Waals surface area contributed by atoms with Crippen molar-refractivity contribution in [3.63, 3.8) is 0 Å². The smallest absolute Gasteiger partial charge is 0.271 e. The van der Waals surface area contributed by atoms with Gasteiger partial charge >= 0.3 is 0 Å². The van der Waals surface area contributed by atoms with Gasteiger partial charge in [0, 0.05) is 18.4 Å². The van der Waals surface area contributed by atoms with Crippen molar-refractivity contribution < 1.29 is 36.6 Å². The first-order valence-electron chi connectivity index (χ1n) is 18.7. The summed E-state index contributed by atoms with van der Waals surface area (Å²) < 4.78 is 65.6. The normalized spacial score (nSPS) is 23.6. The minimum Gasteiger partial charge on any atom is -0.359 e. The molecule has 0 radical (unpaired) electrons. The Morgan fingerprint density at radius 3 is 1.45 bits per heavy atom. The number of hydrogen-bond acceptors (Lipinski definition) is 8. The van der Waals surface area contributed by atoms with Crippen LogP contribution in [0.15, 0.2) is 49.1 Å². The molecule has 0 aliphatic carbocycles. The zero-order valence-corrected chi connectivity index (χ0v) is 32.9. The van der Waals surface area contributed by atoms with E-state index < -0.39 is 83.8 Å². The lowest BCUT2D eigenvalue weighted by molar-refractivity contribution is -0.190. The predicted octanol–water partition coefficient (Wildman–Crippen LogP) is 7.74. The number of aromatic amines is 2. The molecule has 2 amide bonds. The maximum absolute atomic E-state index is 13.7. The number of ether oxygens (including phenoxy) is 2. The number of amides is 2. The van der Waals surface area contributed by atoms with Gasteiger partial charge in [0.1, 0.15) is 41.8 Å². The second-order valence-corrected chi connectivity index (χ2v) is 17.5. The van der Waals surface area contributed by atoms with E-state index in [1.165, 1.54) is 13.8 Å². The highest BCUT2D eigenvalue weighted by Crippen LogP contribution is 2.39. The topological polar surface area (TPSA) is 160 Å². The van der Waals surface area contributed by atoms with Gasteiger partial charge in [0.25, 0.3) is 23.7 Å². The number of nitrogens with one attached hydrogen (secondary N) is 4. The molecule has 4 aromatic rings. The summed E-state index contributed by atoms with van der Waals surface area (Å²) in [7, 11) is 0. The van der Waals surface area contributed by atoms with Gasteiger partial charge in [-0.25, -0.2) is 27.5 Å². The highest BCUT2D eigenvalue weighted by atomic mass is 19.3. The van der Waals surface area contributed by atoms with E-state index in [2.05, 4.69) is 40.5 Å². The summed E-state index contributed by atoms with van der Waals surface area (Å²) in [5, 5.41) is 5.97. The zero-order chi connectivity index (χ0) is 40.9. The van der Waals surface area contributed by atoms with Crippen LogP contribution in [-0.4, -0.2) is 78.0 Å². The van der Waals surface area contributed by atoms with Crippen molar-refractivity contribution in [2.45, 2.75) is 116 Å². The molecule has 4 N–H and O–H groups in total. The summed E-state index contributed by atoms with van der Waals surface area (Å²) in [4.78, 5) is 51.5. The van der Waals surface area contributed by atoms with E-state index in [1.54, 1.807) is 24.8 Å². The van der Waals surface area contributed by atoms with Crippen LogP contribution in [0.3, 0.4) is 0 Å². The molecule has 2 aliphatic heterocycles. The van der Waals surface area contributed by atoms with Crippen molar-refractivity contribution in [1.29, 1.82) is 0 Å². The fraction of sp³-hybridized carbons (Fsp3) is 0.550. The lowest BCUT2D eigenvalue weighted by Crippen LogP contribution is -2.54. The Bertz CT molecular complexity index is 1870. The summed E-state index contributed by atoms with van der Waals surface area (Å²) >= 11 is 0. The molecule has 56 heavy (non-hydrogen) atoms. The van der Waals surface area contributed by atoms with Gasteiger partial charge in [0.05, 0.1) is 54.0 Å². The van der Waals surface area contributed by atoms with Gasteiger partial charge in [0.2, 0.25) is 0 Å². The van der Waals surface area contributed by atoms with Gasteiger partial charge in [-0.3, -0.25) is 19.6 Å². The Kier molecular flexibility index (Phi) is 10.7. The largest absolute Gasteiger partial charge is 0.359 e. The van der Waals surface area contributed by atoms with Gasteiger partial charge in [-0.1, -0.05) is 65.8 Å². The number of aromatic nitrogens is 6. The fourth-order valence-electron chi connectivity index (χ4n) is 6.66. The Balaban J connectivity index is 1.12. The molecule has 4 unspecified atom stereocenters. The summed E-state index contributed by atoms with van der Waals surface area (Å²) in [6, 6.07) is 6.50. The van der Waals surface area contributed by atoms with E-state index in [-0.39, 0.29) is 12.8 Å². The monoisotopic (exact) mass is 782 g/mol. The van der Waals surface area contributed by atoms with Crippen LogP contribution in [0.5, 0.6) is 0 Å². The summed E-state index contributed by atoms with van der Waals surface area (Å²) in [6.45, 7) is 13.1. The Morgan fingerprint density at radius 2 is 1.04 bits per heavy atom. The fourth-order valence-corrected chi connectivity index (χ4v) is 6.66. The molecule has 2 fully saturated rings. The van der Waals surface area contributed by atoms with Crippen LogP contribution in [0.2, 0.25) is 0 Å². The Labute approximate surface area is 323 Å². The van der Waals surface area contributed by atoms with Crippen molar-refractivity contribution in [3.05, 3.63) is 60.7 Å². The minimum atomic E-state index is -2.95. The van der Waals surface area contributed by atoms with Gasteiger partial charge in [-0.2, -0.15) is 0 Å². The number of rotatable bonds is 9. The van der Waals surface area contributed by atoms with E-state index in [9.17, 15) is 27.2 Å². The molecule has 4 atom stereocenters. The van der Waals surface area contributed by atoms with E-state index in [1.807, 2.05) is 65.8 Å². The van der Waals surface area contributed by atoms with E-state index in [0.717, 1.165) is 16.8 Å². The maximum Gasteiger partial charge on any atom is 0.271 e. The van der Waals surface area contributed by atoms with Gasteiger partial charge < -0.3 is 30.1 Å². The first kappa shape index (κ1) is 40.9. The number of imidazole rings is 2. The maximum atomic E-state index is 13.7. The standard InChI is InChI=1S/C40H50F4N8O4/c1-35(2,3)29(51-33(53)37(7)13-15-39(41,42)21-55-37)31-47-18-26(49-31)24-11-9-23(10-12-24)25-17-46-27(19-45-25)28-20-48-32(50-28)30(36(4,5)6)52-34(54)38(8)14-16-40(43,44)22-56-38/h9-12,17-20,29-30H,13-16,21-22H2,1-8H3,(H,47,49)(H,48,50)(H,51,53)(H,52,54). The lowest BCUT2D eigenvalue weighted by Gasteiger charge is -2.38. The van der Waals surface area contributed by atoms with E-state index in [4.69, 9.17) is 9.47 Å². The quantitative estimate of drug-likeness (QED) is 0.126. The van der Waals surface area contributed by atoms with Crippen LogP contribution >= 0.6 is 0 Å². The first-order chi connectivity index (χ1) is 26.0.